The average Bonchev–Trinajstić information content (AvgIpc) is 2.67. The molecule has 0 unspecified atom stereocenters. The third kappa shape index (κ3) is 4.14. The summed E-state index contributed by atoms with van der Waals surface area (Å²) < 4.78 is 0. The van der Waals surface area contributed by atoms with Crippen molar-refractivity contribution in [2.75, 3.05) is 11.4 Å². The number of nitrogens with zero attached hydrogens (tertiary/aromatic N) is 2. The fourth-order valence-electron chi connectivity index (χ4n) is 4.11. The Balaban J connectivity index is 1.44. The van der Waals surface area contributed by atoms with E-state index in [2.05, 4.69) is 60.1 Å². The number of hydrogen-bond donors (Lipinski definition) is 0. The molecule has 0 radical (unpaired) electrons. The Morgan fingerprint density at radius 1 is 1.00 bits per heavy atom. The zero-order valence-corrected chi connectivity index (χ0v) is 16.6. The second-order valence-electron chi connectivity index (χ2n) is 7.82. The Kier molecular flexibility index (Phi) is 5.25. The van der Waals surface area contributed by atoms with Crippen molar-refractivity contribution in [1.29, 1.82) is 0 Å². The molecule has 1 aliphatic heterocycles. The maximum Gasteiger partial charge on any atom is 0.141 e. The summed E-state index contributed by atoms with van der Waals surface area (Å²) in [5, 5.41) is 0. The molecule has 0 amide bonds. The first-order valence-corrected chi connectivity index (χ1v) is 9.92. The van der Waals surface area contributed by atoms with E-state index in [0.29, 0.717) is 12.8 Å². The van der Waals surface area contributed by atoms with Crippen LogP contribution in [0.25, 0.3) is 0 Å². The van der Waals surface area contributed by atoms with Gasteiger partial charge in [-0.15, -0.1) is 0 Å². The van der Waals surface area contributed by atoms with Crippen LogP contribution in [0, 0.1) is 13.8 Å². The van der Waals surface area contributed by atoms with Crippen LogP contribution in [0.15, 0.2) is 60.9 Å². The topological polar surface area (TPSA) is 33.2 Å². The number of hydrogen-bond acceptors (Lipinski definition) is 3. The zero-order valence-electron chi connectivity index (χ0n) is 16.6. The summed E-state index contributed by atoms with van der Waals surface area (Å²) in [6.07, 6.45) is 5.89. The molecule has 0 atom stereocenters. The zero-order chi connectivity index (χ0) is 19.5. The summed E-state index contributed by atoms with van der Waals surface area (Å²) in [5.41, 5.74) is 8.59. The second kappa shape index (κ2) is 7.97. The van der Waals surface area contributed by atoms with Gasteiger partial charge in [0.1, 0.15) is 5.78 Å². The van der Waals surface area contributed by atoms with Gasteiger partial charge in [-0.1, -0.05) is 42.0 Å². The van der Waals surface area contributed by atoms with Gasteiger partial charge in [-0.25, -0.2) is 0 Å². The highest BCUT2D eigenvalue weighted by Gasteiger charge is 2.18. The number of pyridine rings is 1. The lowest BCUT2D eigenvalue weighted by Gasteiger charge is -2.31. The van der Waals surface area contributed by atoms with Gasteiger partial charge < -0.3 is 4.90 Å². The molecule has 0 bridgehead atoms. The highest BCUT2D eigenvalue weighted by atomic mass is 16.1. The Hall–Kier alpha value is -2.94. The second-order valence-corrected chi connectivity index (χ2v) is 7.82. The highest BCUT2D eigenvalue weighted by Crippen LogP contribution is 2.27. The first-order valence-electron chi connectivity index (χ1n) is 9.92. The number of carbonyl (C=O) groups excluding carboxylic acids is 1. The standard InChI is InChI=1S/C25H26N2O/c1-18-4-3-5-20(12-18)14-24(28)15-21-6-7-25(19(2)13-21)27-11-9-22-8-10-26-16-23(22)17-27/h3-8,10,12-13,16H,9,11,14-15,17H2,1-2H3. The molecule has 3 nitrogen and oxygen atoms in total. The van der Waals surface area contributed by atoms with Gasteiger partial charge in [-0.3, -0.25) is 9.78 Å². The molecule has 1 aromatic heterocycles. The first-order chi connectivity index (χ1) is 13.6. The Morgan fingerprint density at radius 2 is 1.82 bits per heavy atom. The van der Waals surface area contributed by atoms with E-state index in [1.807, 2.05) is 24.5 Å². The van der Waals surface area contributed by atoms with Crippen molar-refractivity contribution in [3.05, 3.63) is 94.3 Å². The molecule has 4 rings (SSSR count). The number of aromatic nitrogens is 1. The van der Waals surface area contributed by atoms with Crippen LogP contribution in [0.3, 0.4) is 0 Å². The number of fused-ring (bicyclic) bond motifs is 1. The molecule has 3 aromatic rings. The third-order valence-corrected chi connectivity index (χ3v) is 5.50. The summed E-state index contributed by atoms with van der Waals surface area (Å²) in [5.74, 6) is 0.260. The van der Waals surface area contributed by atoms with Gasteiger partial charge >= 0.3 is 0 Å². The smallest absolute Gasteiger partial charge is 0.141 e. The van der Waals surface area contributed by atoms with Gasteiger partial charge in [-0.05, 0) is 60.2 Å². The van der Waals surface area contributed by atoms with Crippen molar-refractivity contribution in [3.63, 3.8) is 0 Å². The van der Waals surface area contributed by atoms with Gasteiger partial charge in [0.2, 0.25) is 0 Å². The van der Waals surface area contributed by atoms with Crippen LogP contribution in [0.2, 0.25) is 0 Å². The maximum absolute atomic E-state index is 12.5. The number of carbonyl (C=O) groups is 1. The minimum absolute atomic E-state index is 0.260. The third-order valence-electron chi connectivity index (χ3n) is 5.50. The summed E-state index contributed by atoms with van der Waals surface area (Å²) in [6.45, 7) is 6.12. The molecule has 28 heavy (non-hydrogen) atoms. The summed E-state index contributed by atoms with van der Waals surface area (Å²) >= 11 is 0. The van der Waals surface area contributed by atoms with Crippen LogP contribution in [-0.2, 0) is 30.6 Å². The molecule has 2 heterocycles. The Morgan fingerprint density at radius 3 is 2.61 bits per heavy atom. The molecule has 0 spiro atoms. The van der Waals surface area contributed by atoms with Crippen LogP contribution in [0.5, 0.6) is 0 Å². The SMILES string of the molecule is Cc1cccc(CC(=O)Cc2ccc(N3CCc4ccncc4C3)c(C)c2)c1. The van der Waals surface area contributed by atoms with Crippen molar-refractivity contribution in [2.45, 2.75) is 39.7 Å². The van der Waals surface area contributed by atoms with Crippen LogP contribution >= 0.6 is 0 Å². The molecule has 142 valence electrons. The molecular formula is C25H26N2O. The molecule has 0 fully saturated rings. The monoisotopic (exact) mass is 370 g/mol. The quantitative estimate of drug-likeness (QED) is 0.657. The van der Waals surface area contributed by atoms with Crippen LogP contribution in [0.1, 0.15) is 33.4 Å². The van der Waals surface area contributed by atoms with Crippen LogP contribution in [0.4, 0.5) is 5.69 Å². The maximum atomic E-state index is 12.5. The van der Waals surface area contributed by atoms with Gasteiger partial charge in [0.25, 0.3) is 0 Å². The van der Waals surface area contributed by atoms with Crippen molar-refractivity contribution < 1.29 is 4.79 Å². The lowest BCUT2D eigenvalue weighted by molar-refractivity contribution is -0.117. The van der Waals surface area contributed by atoms with Crippen LogP contribution < -0.4 is 4.90 Å². The van der Waals surface area contributed by atoms with Gasteiger partial charge in [0.05, 0.1) is 0 Å². The van der Waals surface area contributed by atoms with E-state index in [4.69, 9.17) is 0 Å². The number of anilines is 1. The predicted octanol–water partition coefficient (Wildman–Crippen LogP) is 4.62. The van der Waals surface area contributed by atoms with Crippen molar-refractivity contribution in [2.24, 2.45) is 0 Å². The van der Waals surface area contributed by atoms with E-state index < -0.39 is 0 Å². The lowest BCUT2D eigenvalue weighted by atomic mass is 9.98. The lowest BCUT2D eigenvalue weighted by Crippen LogP contribution is -2.31. The largest absolute Gasteiger partial charge is 0.367 e. The highest BCUT2D eigenvalue weighted by molar-refractivity contribution is 5.83. The number of rotatable bonds is 5. The van der Waals surface area contributed by atoms with E-state index in [-0.39, 0.29) is 5.78 Å². The number of aryl methyl sites for hydroxylation is 2. The average molecular weight is 370 g/mol. The first kappa shape index (κ1) is 18.4. The number of ketones is 1. The predicted molar refractivity (Wildman–Crippen MR) is 114 cm³/mol. The van der Waals surface area contributed by atoms with Crippen molar-refractivity contribution >= 4 is 11.5 Å². The molecule has 3 heteroatoms. The minimum Gasteiger partial charge on any atom is -0.367 e. The summed E-state index contributed by atoms with van der Waals surface area (Å²) in [4.78, 5) is 19.2. The van der Waals surface area contributed by atoms with Gasteiger partial charge in [0.15, 0.2) is 0 Å². The van der Waals surface area contributed by atoms with Crippen LogP contribution in [-0.4, -0.2) is 17.3 Å². The molecule has 2 aromatic carbocycles. The molecule has 0 saturated carbocycles. The number of Topliss-reactive ketones (excluding diaryl/α,β-unsaturated/α-hetero) is 1. The van der Waals surface area contributed by atoms with Crippen molar-refractivity contribution in [3.8, 4) is 0 Å². The van der Waals surface area contributed by atoms with E-state index >= 15 is 0 Å². The molecule has 1 aliphatic rings. The minimum atomic E-state index is 0.260. The summed E-state index contributed by atoms with van der Waals surface area (Å²) in [7, 11) is 0. The van der Waals surface area contributed by atoms with E-state index in [1.54, 1.807) is 0 Å². The summed E-state index contributed by atoms with van der Waals surface area (Å²) in [6, 6.07) is 16.8. The molecule has 0 aliphatic carbocycles. The Labute approximate surface area is 167 Å². The fourth-order valence-corrected chi connectivity index (χ4v) is 4.11. The molecule has 0 N–H and O–H groups in total. The Bertz CT molecular complexity index is 1010. The van der Waals surface area contributed by atoms with Gasteiger partial charge in [-0.2, -0.15) is 0 Å². The van der Waals surface area contributed by atoms with E-state index in [0.717, 1.165) is 30.6 Å². The molecular weight excluding hydrogens is 344 g/mol. The normalized spacial score (nSPS) is 13.3. The molecule has 0 saturated heterocycles. The fraction of sp³-hybridized carbons (Fsp3) is 0.280. The van der Waals surface area contributed by atoms with Crippen molar-refractivity contribution in [1.82, 2.24) is 4.98 Å². The number of benzene rings is 2. The van der Waals surface area contributed by atoms with E-state index in [9.17, 15) is 4.79 Å². The van der Waals surface area contributed by atoms with E-state index in [1.165, 1.54) is 27.9 Å². The van der Waals surface area contributed by atoms with Gasteiger partial charge in [0, 0.05) is 44.0 Å².